The number of alkyl halides is 1. The highest BCUT2D eigenvalue weighted by atomic mass is 19.1. The number of nitrogens with zero attached hydrogens (tertiary/aromatic N) is 4. The van der Waals surface area contributed by atoms with Crippen LogP contribution >= 0.6 is 0 Å². The van der Waals surface area contributed by atoms with Gasteiger partial charge in [-0.3, -0.25) is 14.8 Å². The molecule has 0 radical (unpaired) electrons. The average Bonchev–Trinajstić information content (AvgIpc) is 2.86. The molecule has 0 aromatic carbocycles. The van der Waals surface area contributed by atoms with Crippen molar-refractivity contribution in [2.45, 2.75) is 31.9 Å². The van der Waals surface area contributed by atoms with Crippen LogP contribution in [0.25, 0.3) is 0 Å². The summed E-state index contributed by atoms with van der Waals surface area (Å²) in [5.41, 5.74) is 1.12. The van der Waals surface area contributed by atoms with Crippen LogP contribution in [-0.4, -0.2) is 67.9 Å². The minimum absolute atomic E-state index is 0.0890. The van der Waals surface area contributed by atoms with Crippen molar-refractivity contribution in [2.75, 3.05) is 6.54 Å². The fourth-order valence-electron chi connectivity index (χ4n) is 2.91. The van der Waals surface area contributed by atoms with E-state index in [-0.39, 0.29) is 13.1 Å². The fourth-order valence-corrected chi connectivity index (χ4v) is 2.91. The van der Waals surface area contributed by atoms with E-state index in [0.717, 1.165) is 0 Å². The lowest BCUT2D eigenvalue weighted by molar-refractivity contribution is -0.219. The zero-order chi connectivity index (χ0) is 18.8. The quantitative estimate of drug-likeness (QED) is 0.671. The Balaban J connectivity index is 1.70. The number of hydroxylamine groups is 2. The Labute approximate surface area is 147 Å². The lowest BCUT2D eigenvalue weighted by atomic mass is 10.00. The summed E-state index contributed by atoms with van der Waals surface area (Å²) in [6.07, 6.45) is 3.42. The predicted octanol–water partition coefficient (Wildman–Crippen LogP) is -0.161. The second-order valence-electron chi connectivity index (χ2n) is 5.82. The third kappa shape index (κ3) is 3.33. The van der Waals surface area contributed by atoms with Crippen molar-refractivity contribution in [1.29, 1.82) is 0 Å². The first-order valence-electron chi connectivity index (χ1n) is 7.73. The van der Waals surface area contributed by atoms with E-state index < -0.39 is 36.3 Å². The molecule has 3 amide bonds. The minimum atomic E-state index is -2.67. The maximum atomic E-state index is 13.3. The minimum Gasteiger partial charge on any atom is -0.477 e. The molecule has 26 heavy (non-hydrogen) atoms. The lowest BCUT2D eigenvalue weighted by Crippen LogP contribution is -2.50. The molecule has 11 heteroatoms. The van der Waals surface area contributed by atoms with Gasteiger partial charge in [-0.25, -0.2) is 18.8 Å². The van der Waals surface area contributed by atoms with Gasteiger partial charge in [0.25, 0.3) is 0 Å². The normalized spacial score (nSPS) is 22.8. The number of hydrogen-bond acceptors (Lipinski definition) is 6. The maximum Gasteiger partial charge on any atom is 0.368 e. The van der Waals surface area contributed by atoms with Crippen LogP contribution in [0.15, 0.2) is 30.2 Å². The highest BCUT2D eigenvalue weighted by molar-refractivity contribution is 5.91. The lowest BCUT2D eigenvalue weighted by Gasteiger charge is -2.29. The van der Waals surface area contributed by atoms with Crippen LogP contribution in [0.5, 0.6) is 0 Å². The van der Waals surface area contributed by atoms with Gasteiger partial charge in [0.05, 0.1) is 31.0 Å². The molecule has 2 aliphatic rings. The molecule has 2 N–H and O–H groups in total. The Hall–Kier alpha value is -3.08. The van der Waals surface area contributed by atoms with Crippen LogP contribution in [0.1, 0.15) is 12.6 Å². The molecule has 0 saturated carbocycles. The van der Waals surface area contributed by atoms with E-state index >= 15 is 0 Å². The number of aromatic nitrogens is 2. The van der Waals surface area contributed by atoms with Gasteiger partial charge in [-0.1, -0.05) is 6.08 Å². The molecular weight excluding hydrogens is 349 g/mol. The van der Waals surface area contributed by atoms with Gasteiger partial charge in [0.1, 0.15) is 6.04 Å². The van der Waals surface area contributed by atoms with Crippen molar-refractivity contribution in [1.82, 2.24) is 25.2 Å². The summed E-state index contributed by atoms with van der Waals surface area (Å²) in [6.45, 7) is 1.88. The Morgan fingerprint density at radius 2 is 2.27 bits per heavy atom. The van der Waals surface area contributed by atoms with Gasteiger partial charge >= 0.3 is 18.4 Å². The number of carboxylic acid groups (broad SMARTS) is 1. The van der Waals surface area contributed by atoms with Gasteiger partial charge in [0.2, 0.25) is 5.91 Å². The summed E-state index contributed by atoms with van der Waals surface area (Å²) >= 11 is 0. The molecule has 10 nitrogen and oxygen atoms in total. The van der Waals surface area contributed by atoms with E-state index in [1.165, 1.54) is 23.5 Å². The highest BCUT2D eigenvalue weighted by Gasteiger charge is 2.48. The van der Waals surface area contributed by atoms with E-state index in [1.807, 2.05) is 0 Å². The van der Waals surface area contributed by atoms with Crippen molar-refractivity contribution >= 4 is 17.9 Å². The summed E-state index contributed by atoms with van der Waals surface area (Å²) in [4.78, 5) is 49.3. The Morgan fingerprint density at radius 1 is 1.50 bits per heavy atom. The van der Waals surface area contributed by atoms with E-state index in [2.05, 4.69) is 20.1 Å². The van der Waals surface area contributed by atoms with Crippen LogP contribution in [0.2, 0.25) is 0 Å². The van der Waals surface area contributed by atoms with Gasteiger partial charge < -0.3 is 15.3 Å². The zero-order valence-corrected chi connectivity index (χ0v) is 13.7. The van der Waals surface area contributed by atoms with Crippen molar-refractivity contribution < 1.29 is 28.7 Å². The monoisotopic (exact) mass is 365 g/mol. The number of rotatable bonds is 6. The standard InChI is InChI=1S/C15H16FN5O5/c1-8-4-10-7-20(15(25)21(10)26-12(16)14(23)24)11(8)13(22)19-6-9-5-17-2-3-18-9/h2-5,10-12H,6-7H2,1H3,(H,19,22)(H,23,24)/t10-,11+,12-/m1/s1. The number of carbonyl (C=O) groups is 3. The molecule has 138 valence electrons. The van der Waals surface area contributed by atoms with Gasteiger partial charge in [0, 0.05) is 12.4 Å². The summed E-state index contributed by atoms with van der Waals surface area (Å²) < 4.78 is 13.3. The van der Waals surface area contributed by atoms with Gasteiger partial charge in [0.15, 0.2) is 0 Å². The molecule has 3 heterocycles. The molecule has 2 bridgehead atoms. The van der Waals surface area contributed by atoms with Crippen molar-refractivity contribution in [3.63, 3.8) is 0 Å². The number of halogens is 1. The van der Waals surface area contributed by atoms with Crippen LogP contribution in [0.4, 0.5) is 9.18 Å². The van der Waals surface area contributed by atoms with Gasteiger partial charge in [-0.05, 0) is 12.5 Å². The third-order valence-corrected chi connectivity index (χ3v) is 4.03. The first kappa shape index (κ1) is 17.7. The smallest absolute Gasteiger partial charge is 0.368 e. The molecular formula is C15H16FN5O5. The first-order valence-corrected chi connectivity index (χ1v) is 7.73. The van der Waals surface area contributed by atoms with Crippen LogP contribution < -0.4 is 5.32 Å². The second-order valence-corrected chi connectivity index (χ2v) is 5.82. The third-order valence-electron chi connectivity index (χ3n) is 4.03. The van der Waals surface area contributed by atoms with Crippen LogP contribution in [-0.2, 0) is 21.0 Å². The number of fused-ring (bicyclic) bond motifs is 2. The number of carboxylic acids is 1. The molecule has 1 aromatic heterocycles. The molecule has 1 aromatic rings. The first-order chi connectivity index (χ1) is 12.4. The van der Waals surface area contributed by atoms with Crippen molar-refractivity contribution in [3.8, 4) is 0 Å². The highest BCUT2D eigenvalue weighted by Crippen LogP contribution is 2.30. The van der Waals surface area contributed by atoms with Crippen molar-refractivity contribution in [2.24, 2.45) is 0 Å². The molecule has 2 aliphatic heterocycles. The number of hydrogen-bond donors (Lipinski definition) is 2. The number of carbonyl (C=O) groups excluding carboxylic acids is 2. The van der Waals surface area contributed by atoms with Gasteiger partial charge in [-0.15, -0.1) is 0 Å². The number of amides is 3. The molecule has 3 rings (SSSR count). The number of nitrogens with one attached hydrogen (secondary N) is 1. The topological polar surface area (TPSA) is 125 Å². The summed E-state index contributed by atoms with van der Waals surface area (Å²) in [6, 6.07) is -2.33. The second kappa shape index (κ2) is 7.04. The zero-order valence-electron chi connectivity index (χ0n) is 13.7. The number of urea groups is 1. The predicted molar refractivity (Wildman–Crippen MR) is 82.8 cm³/mol. The average molecular weight is 365 g/mol. The van der Waals surface area contributed by atoms with Crippen LogP contribution in [0, 0.1) is 0 Å². The summed E-state index contributed by atoms with van der Waals surface area (Å²) in [5.74, 6) is -2.28. The Bertz CT molecular complexity index is 758. The molecule has 0 aliphatic carbocycles. The Kier molecular flexibility index (Phi) is 4.80. The summed E-state index contributed by atoms with van der Waals surface area (Å²) in [7, 11) is 0. The molecule has 0 unspecified atom stereocenters. The molecule has 3 atom stereocenters. The SMILES string of the molecule is CC1=C[C@@H]2CN(C(=O)N2O[C@@H](F)C(=O)O)[C@@H]1C(=O)NCc1cnccn1. The molecule has 0 spiro atoms. The number of aliphatic carboxylic acids is 1. The van der Waals surface area contributed by atoms with E-state index in [0.29, 0.717) is 16.3 Å². The molecule has 1 saturated heterocycles. The van der Waals surface area contributed by atoms with Gasteiger partial charge in [-0.2, -0.15) is 5.06 Å². The largest absolute Gasteiger partial charge is 0.477 e. The fraction of sp³-hybridized carbons (Fsp3) is 0.400. The van der Waals surface area contributed by atoms with E-state index in [1.54, 1.807) is 13.0 Å². The van der Waals surface area contributed by atoms with Crippen molar-refractivity contribution in [3.05, 3.63) is 35.9 Å². The maximum absolute atomic E-state index is 13.3. The molecule has 1 fully saturated rings. The Morgan fingerprint density at radius 3 is 2.92 bits per heavy atom. The van der Waals surface area contributed by atoms with E-state index in [4.69, 9.17) is 5.11 Å². The van der Waals surface area contributed by atoms with Crippen LogP contribution in [0.3, 0.4) is 0 Å². The van der Waals surface area contributed by atoms with E-state index in [9.17, 15) is 18.8 Å². The summed E-state index contributed by atoms with van der Waals surface area (Å²) in [5, 5.41) is 11.9.